The molecule has 23 heavy (non-hydrogen) atoms. The highest BCUT2D eigenvalue weighted by atomic mass is 32.2. The third-order valence-electron chi connectivity index (χ3n) is 3.65. The van der Waals surface area contributed by atoms with Gasteiger partial charge in [-0.25, -0.2) is 13.1 Å². The van der Waals surface area contributed by atoms with Gasteiger partial charge in [0, 0.05) is 31.2 Å². The summed E-state index contributed by atoms with van der Waals surface area (Å²) in [6, 6.07) is 5.92. The Bertz CT molecular complexity index is 623. The van der Waals surface area contributed by atoms with Gasteiger partial charge in [-0.05, 0) is 51.3 Å². The molecule has 1 aromatic rings. The summed E-state index contributed by atoms with van der Waals surface area (Å²) in [4.78, 5) is 14.1. The second-order valence-electron chi connectivity index (χ2n) is 5.89. The van der Waals surface area contributed by atoms with Crippen LogP contribution in [0.3, 0.4) is 0 Å². The van der Waals surface area contributed by atoms with Crippen molar-refractivity contribution in [3.63, 3.8) is 0 Å². The molecule has 8 heteroatoms. The second kappa shape index (κ2) is 7.87. The van der Waals surface area contributed by atoms with E-state index in [1.54, 1.807) is 0 Å². The Balaban J connectivity index is 1.96. The molecule has 0 spiro atoms. The third-order valence-corrected chi connectivity index (χ3v) is 5.19. The monoisotopic (exact) mass is 340 g/mol. The molecule has 1 heterocycles. The molecule has 7 nitrogen and oxygen atoms in total. The van der Waals surface area contributed by atoms with Crippen molar-refractivity contribution in [1.29, 1.82) is 0 Å². The Morgan fingerprint density at radius 3 is 2.57 bits per heavy atom. The van der Waals surface area contributed by atoms with E-state index in [4.69, 9.17) is 0 Å². The first-order chi connectivity index (χ1) is 10.9. The summed E-state index contributed by atoms with van der Waals surface area (Å²) in [5.74, 6) is -0.205. The average Bonchev–Trinajstić information content (AvgIpc) is 2.99. The molecule has 1 fully saturated rings. The molecule has 128 valence electrons. The third kappa shape index (κ3) is 5.28. The average molecular weight is 340 g/mol. The molecular formula is C15H24N4O3S. The molecule has 2 rings (SSSR count). The van der Waals surface area contributed by atoms with Gasteiger partial charge in [0.2, 0.25) is 10.0 Å². The molecule has 0 aromatic heterocycles. The lowest BCUT2D eigenvalue weighted by Crippen LogP contribution is -2.36. The Kier molecular flexibility index (Phi) is 6.11. The summed E-state index contributed by atoms with van der Waals surface area (Å²) in [5.41, 5.74) is 0.449. The highest BCUT2D eigenvalue weighted by Crippen LogP contribution is 2.12. The molecule has 0 aliphatic carbocycles. The van der Waals surface area contributed by atoms with E-state index in [1.165, 1.54) is 24.3 Å². The summed E-state index contributed by atoms with van der Waals surface area (Å²) in [6.07, 6.45) is 0.783. The zero-order valence-electron chi connectivity index (χ0n) is 13.5. The van der Waals surface area contributed by atoms with E-state index in [-0.39, 0.29) is 16.8 Å². The summed E-state index contributed by atoms with van der Waals surface area (Å²) in [7, 11) is 0.316. The largest absolute Gasteiger partial charge is 0.351 e. The van der Waals surface area contributed by atoms with E-state index >= 15 is 0 Å². The Labute approximate surface area is 137 Å². The number of rotatable bonds is 7. The number of carbonyl (C=O) groups excluding carboxylic acids is 1. The van der Waals surface area contributed by atoms with Gasteiger partial charge in [-0.2, -0.15) is 0 Å². The number of hydrogen-bond acceptors (Lipinski definition) is 5. The molecule has 0 unspecified atom stereocenters. The lowest BCUT2D eigenvalue weighted by atomic mass is 10.2. The van der Waals surface area contributed by atoms with Crippen molar-refractivity contribution in [1.82, 2.24) is 20.3 Å². The van der Waals surface area contributed by atoms with Crippen LogP contribution in [0.15, 0.2) is 29.2 Å². The molecule has 1 aromatic carbocycles. The Hall–Kier alpha value is -1.48. The zero-order valence-corrected chi connectivity index (χ0v) is 14.3. The first-order valence-electron chi connectivity index (χ1n) is 7.64. The fraction of sp³-hybridized carbons (Fsp3) is 0.533. The van der Waals surface area contributed by atoms with Gasteiger partial charge < -0.3 is 15.5 Å². The summed E-state index contributed by atoms with van der Waals surface area (Å²) >= 11 is 0. The van der Waals surface area contributed by atoms with Crippen LogP contribution in [0.5, 0.6) is 0 Å². The number of nitrogens with zero attached hydrogens (tertiary/aromatic N) is 1. The predicted octanol–water partition coefficient (Wildman–Crippen LogP) is -0.382. The summed E-state index contributed by atoms with van der Waals surface area (Å²) in [5, 5.41) is 5.91. The Morgan fingerprint density at radius 2 is 2.00 bits per heavy atom. The molecule has 1 saturated heterocycles. The number of sulfonamides is 1. The summed E-state index contributed by atoms with van der Waals surface area (Å²) < 4.78 is 27.2. The number of benzene rings is 1. The number of carbonyl (C=O) groups is 1. The van der Waals surface area contributed by atoms with Crippen LogP contribution in [0.4, 0.5) is 0 Å². The van der Waals surface area contributed by atoms with E-state index in [2.05, 4.69) is 15.4 Å². The van der Waals surface area contributed by atoms with Crippen molar-refractivity contribution in [3.8, 4) is 0 Å². The van der Waals surface area contributed by atoms with Gasteiger partial charge in [0.05, 0.1) is 4.90 Å². The number of nitrogens with one attached hydrogen (secondary N) is 3. The van der Waals surface area contributed by atoms with Gasteiger partial charge in [0.15, 0.2) is 0 Å². The Morgan fingerprint density at radius 1 is 1.30 bits per heavy atom. The van der Waals surface area contributed by atoms with Gasteiger partial charge >= 0.3 is 0 Å². The first-order valence-corrected chi connectivity index (χ1v) is 9.13. The van der Waals surface area contributed by atoms with E-state index in [0.29, 0.717) is 18.7 Å². The molecule has 0 bridgehead atoms. The smallest absolute Gasteiger partial charge is 0.251 e. The van der Waals surface area contributed by atoms with Gasteiger partial charge in [-0.1, -0.05) is 0 Å². The minimum Gasteiger partial charge on any atom is -0.351 e. The number of amides is 1. The van der Waals surface area contributed by atoms with Crippen LogP contribution in [0.1, 0.15) is 16.8 Å². The van der Waals surface area contributed by atoms with E-state index in [9.17, 15) is 13.2 Å². The SMILES string of the molecule is CN(C)CCNC(=O)c1ccc(S(=O)(=O)N[C@@H]2CCNC2)cc1. The van der Waals surface area contributed by atoms with Crippen molar-refractivity contribution in [2.45, 2.75) is 17.4 Å². The van der Waals surface area contributed by atoms with Gasteiger partial charge in [0.25, 0.3) is 5.91 Å². The van der Waals surface area contributed by atoms with E-state index < -0.39 is 10.0 Å². The lowest BCUT2D eigenvalue weighted by molar-refractivity contribution is 0.0951. The fourth-order valence-electron chi connectivity index (χ4n) is 2.32. The van der Waals surface area contributed by atoms with E-state index in [1.807, 2.05) is 19.0 Å². The molecular weight excluding hydrogens is 316 g/mol. The molecule has 3 N–H and O–H groups in total. The summed E-state index contributed by atoms with van der Waals surface area (Å²) in [6.45, 7) is 2.75. The van der Waals surface area contributed by atoms with Crippen LogP contribution in [0.25, 0.3) is 0 Å². The minimum atomic E-state index is -3.54. The van der Waals surface area contributed by atoms with Crippen LogP contribution >= 0.6 is 0 Å². The van der Waals surface area contributed by atoms with E-state index in [0.717, 1.165) is 19.5 Å². The fourth-order valence-corrected chi connectivity index (χ4v) is 3.59. The highest BCUT2D eigenvalue weighted by Gasteiger charge is 2.22. The molecule has 0 saturated carbocycles. The zero-order chi connectivity index (χ0) is 16.9. The van der Waals surface area contributed by atoms with Crippen molar-refractivity contribution >= 4 is 15.9 Å². The highest BCUT2D eigenvalue weighted by molar-refractivity contribution is 7.89. The van der Waals surface area contributed by atoms with Crippen molar-refractivity contribution in [3.05, 3.63) is 29.8 Å². The van der Waals surface area contributed by atoms with Crippen LogP contribution < -0.4 is 15.4 Å². The van der Waals surface area contributed by atoms with Crippen molar-refractivity contribution < 1.29 is 13.2 Å². The van der Waals surface area contributed by atoms with Gasteiger partial charge in [-0.3, -0.25) is 4.79 Å². The quantitative estimate of drug-likeness (QED) is 0.629. The molecule has 1 atom stereocenters. The number of likely N-dealkylation sites (N-methyl/N-ethyl adjacent to an activating group) is 1. The van der Waals surface area contributed by atoms with Gasteiger partial charge in [0.1, 0.15) is 0 Å². The van der Waals surface area contributed by atoms with Crippen LogP contribution in [-0.4, -0.2) is 65.5 Å². The molecule has 0 radical (unpaired) electrons. The topological polar surface area (TPSA) is 90.5 Å². The second-order valence-corrected chi connectivity index (χ2v) is 7.61. The van der Waals surface area contributed by atoms with Crippen LogP contribution in [0, 0.1) is 0 Å². The maximum Gasteiger partial charge on any atom is 0.251 e. The van der Waals surface area contributed by atoms with Crippen molar-refractivity contribution in [2.24, 2.45) is 0 Å². The van der Waals surface area contributed by atoms with Crippen molar-refractivity contribution in [2.75, 3.05) is 40.3 Å². The molecule has 1 aliphatic rings. The standard InChI is InChI=1S/C15H24N4O3S/c1-19(2)10-9-17-15(20)12-3-5-14(6-4-12)23(21,22)18-13-7-8-16-11-13/h3-6,13,16,18H,7-11H2,1-2H3,(H,17,20)/t13-/m1/s1. The maximum atomic E-state index is 12.3. The molecule has 1 aliphatic heterocycles. The normalized spacial score (nSPS) is 18.3. The minimum absolute atomic E-state index is 0.0750. The predicted molar refractivity (Wildman–Crippen MR) is 88.9 cm³/mol. The number of hydrogen-bond donors (Lipinski definition) is 3. The van der Waals surface area contributed by atoms with Crippen LogP contribution in [0.2, 0.25) is 0 Å². The molecule has 1 amide bonds. The first kappa shape index (κ1) is 17.9. The van der Waals surface area contributed by atoms with Crippen LogP contribution in [-0.2, 0) is 10.0 Å². The lowest BCUT2D eigenvalue weighted by Gasteiger charge is -2.13. The van der Waals surface area contributed by atoms with Gasteiger partial charge in [-0.15, -0.1) is 0 Å². The maximum absolute atomic E-state index is 12.3.